The third-order valence-electron chi connectivity index (χ3n) is 4.26. The van der Waals surface area contributed by atoms with Gasteiger partial charge in [-0.25, -0.2) is 0 Å². The second-order valence-corrected chi connectivity index (χ2v) is 6.35. The first-order chi connectivity index (χ1) is 12.3. The zero-order chi connectivity index (χ0) is 19.0. The molecule has 140 valence electrons. The molecule has 0 aliphatic heterocycles. The van der Waals surface area contributed by atoms with Crippen molar-refractivity contribution in [2.45, 2.75) is 20.8 Å². The Morgan fingerprint density at radius 1 is 1.00 bits per heavy atom. The summed E-state index contributed by atoms with van der Waals surface area (Å²) in [7, 11) is 0. The Balaban J connectivity index is 0.00000261. The van der Waals surface area contributed by atoms with E-state index in [-0.39, 0.29) is 29.5 Å². The van der Waals surface area contributed by atoms with Crippen LogP contribution in [0.25, 0.3) is 16.5 Å². The molecule has 3 aromatic rings. The van der Waals surface area contributed by atoms with Gasteiger partial charge in [0.2, 0.25) is 0 Å². The van der Waals surface area contributed by atoms with E-state index in [9.17, 15) is 9.59 Å². The number of amides is 1. The predicted octanol–water partition coefficient (Wildman–Crippen LogP) is 2.75. The third kappa shape index (κ3) is 3.71. The van der Waals surface area contributed by atoms with Gasteiger partial charge < -0.3 is 11.5 Å². The van der Waals surface area contributed by atoms with Gasteiger partial charge in [0.1, 0.15) is 0 Å². The molecule has 4 N–H and O–H groups in total. The van der Waals surface area contributed by atoms with Crippen LogP contribution in [0, 0.1) is 20.8 Å². The zero-order valence-corrected chi connectivity index (χ0v) is 16.1. The number of aryl methyl sites for hydroxylation is 3. The molecule has 0 unspecified atom stereocenters. The number of guanidine groups is 1. The van der Waals surface area contributed by atoms with Gasteiger partial charge in [0.25, 0.3) is 11.5 Å². The number of hydrogen-bond acceptors (Lipinski definition) is 2. The van der Waals surface area contributed by atoms with E-state index in [0.29, 0.717) is 10.8 Å². The number of fused-ring (bicyclic) bond motifs is 1. The first-order valence-corrected chi connectivity index (χ1v) is 8.16. The van der Waals surface area contributed by atoms with E-state index in [4.69, 9.17) is 11.5 Å². The molecule has 0 atom stereocenters. The second-order valence-electron chi connectivity index (χ2n) is 6.35. The molecule has 0 saturated heterocycles. The smallest absolute Gasteiger partial charge is 0.282 e. The minimum absolute atomic E-state index is 0. The quantitative estimate of drug-likeness (QED) is 0.523. The molecule has 0 spiro atoms. The Bertz CT molecular complexity index is 1110. The molecule has 2 aromatic carbocycles. The average molecular weight is 385 g/mol. The predicted molar refractivity (Wildman–Crippen MR) is 111 cm³/mol. The first-order valence-electron chi connectivity index (χ1n) is 8.16. The molecule has 0 fully saturated rings. The van der Waals surface area contributed by atoms with Gasteiger partial charge in [-0.15, -0.1) is 12.4 Å². The Labute approximate surface area is 162 Å². The fraction of sp³-hybridized carbons (Fsp3) is 0.150. The van der Waals surface area contributed by atoms with Crippen LogP contribution in [0.4, 0.5) is 0 Å². The second kappa shape index (κ2) is 7.63. The molecule has 1 amide bonds. The van der Waals surface area contributed by atoms with Gasteiger partial charge >= 0.3 is 0 Å². The summed E-state index contributed by atoms with van der Waals surface area (Å²) >= 11 is 0. The van der Waals surface area contributed by atoms with Crippen LogP contribution in [0.5, 0.6) is 0 Å². The Hall–Kier alpha value is -3.12. The molecular formula is C20H21ClN4O2. The van der Waals surface area contributed by atoms with Gasteiger partial charge in [-0.05, 0) is 38.0 Å². The number of hydrogen-bond donors (Lipinski definition) is 2. The Kier molecular flexibility index (Phi) is 5.71. The number of carbonyl (C=O) groups excluding carboxylic acids is 1. The summed E-state index contributed by atoms with van der Waals surface area (Å²) in [5.41, 5.74) is 14.5. The largest absolute Gasteiger partial charge is 0.370 e. The van der Waals surface area contributed by atoms with E-state index < -0.39 is 5.91 Å². The molecule has 6 nitrogen and oxygen atoms in total. The van der Waals surface area contributed by atoms with Crippen molar-refractivity contribution in [2.24, 2.45) is 16.5 Å². The third-order valence-corrected chi connectivity index (χ3v) is 4.26. The molecule has 3 rings (SSSR count). The molecule has 0 bridgehead atoms. The number of aromatic nitrogens is 1. The standard InChI is InChI=1S/C20H20N4O2.ClH/c1-11-8-12(2)17(13(3)9-11)24-10-16(18(25)23-20(21)22)14-6-4-5-7-15(14)19(24)26;/h4-10H,1-3H3,(H4,21,22,23,25);1H. The average Bonchev–Trinajstić information content (AvgIpc) is 2.55. The van der Waals surface area contributed by atoms with E-state index in [1.54, 1.807) is 24.3 Å². The van der Waals surface area contributed by atoms with Crippen LogP contribution >= 0.6 is 12.4 Å². The SMILES string of the molecule is Cc1cc(C)c(-n2cc(C(=O)N=C(N)N)c3ccccc3c2=O)c(C)c1.Cl. The fourth-order valence-electron chi connectivity index (χ4n) is 3.36. The topological polar surface area (TPSA) is 103 Å². The monoisotopic (exact) mass is 384 g/mol. The highest BCUT2D eigenvalue weighted by Crippen LogP contribution is 2.23. The molecule has 27 heavy (non-hydrogen) atoms. The molecule has 0 saturated carbocycles. The number of benzene rings is 2. The van der Waals surface area contributed by atoms with E-state index in [1.165, 1.54) is 10.8 Å². The van der Waals surface area contributed by atoms with Gasteiger partial charge in [-0.2, -0.15) is 4.99 Å². The maximum atomic E-state index is 13.1. The lowest BCUT2D eigenvalue weighted by atomic mass is 10.0. The lowest BCUT2D eigenvalue weighted by Gasteiger charge is -2.16. The minimum atomic E-state index is -0.586. The van der Waals surface area contributed by atoms with E-state index in [0.717, 1.165) is 22.4 Å². The number of nitrogens with zero attached hydrogens (tertiary/aromatic N) is 2. The molecule has 7 heteroatoms. The van der Waals surface area contributed by atoms with Crippen molar-refractivity contribution in [1.29, 1.82) is 0 Å². The summed E-state index contributed by atoms with van der Waals surface area (Å²) in [5, 5.41) is 0.953. The summed E-state index contributed by atoms with van der Waals surface area (Å²) < 4.78 is 1.50. The van der Waals surface area contributed by atoms with Crippen LogP contribution in [0.2, 0.25) is 0 Å². The molecule has 0 radical (unpaired) electrons. The van der Waals surface area contributed by atoms with Crippen LogP contribution in [-0.4, -0.2) is 16.4 Å². The highest BCUT2D eigenvalue weighted by atomic mass is 35.5. The van der Waals surface area contributed by atoms with Crippen molar-refractivity contribution in [3.8, 4) is 5.69 Å². The van der Waals surface area contributed by atoms with Gasteiger partial charge in [0.15, 0.2) is 5.96 Å². The Morgan fingerprint density at radius 2 is 1.56 bits per heavy atom. The summed E-state index contributed by atoms with van der Waals surface area (Å²) in [6.45, 7) is 5.88. The maximum Gasteiger partial charge on any atom is 0.282 e. The molecule has 0 aliphatic rings. The van der Waals surface area contributed by atoms with Crippen LogP contribution in [0.3, 0.4) is 0 Å². The van der Waals surface area contributed by atoms with E-state index in [1.807, 2.05) is 32.9 Å². The van der Waals surface area contributed by atoms with Crippen LogP contribution in [0.15, 0.2) is 52.4 Å². The summed E-state index contributed by atoms with van der Waals surface area (Å²) in [6, 6.07) is 10.9. The number of rotatable bonds is 2. The Morgan fingerprint density at radius 3 is 2.11 bits per heavy atom. The minimum Gasteiger partial charge on any atom is -0.370 e. The molecule has 1 aromatic heterocycles. The van der Waals surface area contributed by atoms with Crippen molar-refractivity contribution in [1.82, 2.24) is 4.57 Å². The van der Waals surface area contributed by atoms with Gasteiger partial charge in [0, 0.05) is 17.0 Å². The van der Waals surface area contributed by atoms with Crippen LogP contribution in [0.1, 0.15) is 27.0 Å². The van der Waals surface area contributed by atoms with Crippen molar-refractivity contribution in [2.75, 3.05) is 0 Å². The van der Waals surface area contributed by atoms with Gasteiger partial charge in [-0.3, -0.25) is 14.2 Å². The zero-order valence-electron chi connectivity index (χ0n) is 15.3. The van der Waals surface area contributed by atoms with E-state index in [2.05, 4.69) is 4.99 Å². The molecule has 1 heterocycles. The van der Waals surface area contributed by atoms with Gasteiger partial charge in [0.05, 0.1) is 11.3 Å². The number of pyridine rings is 1. The molecular weight excluding hydrogens is 364 g/mol. The van der Waals surface area contributed by atoms with Crippen LogP contribution < -0.4 is 17.0 Å². The lowest BCUT2D eigenvalue weighted by molar-refractivity contribution is 0.100. The number of aliphatic imine (C=N–C) groups is 1. The van der Waals surface area contributed by atoms with Crippen molar-refractivity contribution in [3.05, 3.63) is 75.2 Å². The fourth-order valence-corrected chi connectivity index (χ4v) is 3.36. The maximum absolute atomic E-state index is 13.1. The summed E-state index contributed by atoms with van der Waals surface area (Å²) in [6.07, 6.45) is 1.52. The highest BCUT2D eigenvalue weighted by Gasteiger charge is 2.17. The summed E-state index contributed by atoms with van der Waals surface area (Å²) in [5.74, 6) is -0.906. The number of carbonyl (C=O) groups is 1. The van der Waals surface area contributed by atoms with Crippen molar-refractivity contribution >= 4 is 35.0 Å². The van der Waals surface area contributed by atoms with Crippen LogP contribution in [-0.2, 0) is 0 Å². The first kappa shape index (κ1) is 20.2. The van der Waals surface area contributed by atoms with E-state index >= 15 is 0 Å². The van der Waals surface area contributed by atoms with Crippen molar-refractivity contribution < 1.29 is 4.79 Å². The number of nitrogens with two attached hydrogens (primary N) is 2. The molecule has 0 aliphatic carbocycles. The summed E-state index contributed by atoms with van der Waals surface area (Å²) in [4.78, 5) is 29.2. The van der Waals surface area contributed by atoms with Crippen molar-refractivity contribution in [3.63, 3.8) is 0 Å². The highest BCUT2D eigenvalue weighted by molar-refractivity contribution is 6.10. The normalized spacial score (nSPS) is 10.3. The number of halogens is 1. The lowest BCUT2D eigenvalue weighted by Crippen LogP contribution is -2.25. The van der Waals surface area contributed by atoms with Gasteiger partial charge in [-0.1, -0.05) is 35.9 Å².